The van der Waals surface area contributed by atoms with Gasteiger partial charge in [-0.25, -0.2) is 0 Å². The first-order valence-electron chi connectivity index (χ1n) is 7.06. The number of nitrogens with zero attached hydrogens (tertiary/aromatic N) is 1. The Bertz CT molecular complexity index is 649. The number of hydrogen-bond donors (Lipinski definition) is 1. The minimum Gasteiger partial charge on any atom is -0.395 e. The summed E-state index contributed by atoms with van der Waals surface area (Å²) < 4.78 is 4.89. The van der Waals surface area contributed by atoms with Crippen molar-refractivity contribution >= 4 is 11.8 Å². The molecule has 22 heavy (non-hydrogen) atoms. The Labute approximate surface area is 128 Å². The van der Waals surface area contributed by atoms with E-state index in [1.54, 1.807) is 0 Å². The summed E-state index contributed by atoms with van der Waals surface area (Å²) in [6, 6.07) is 12.4. The van der Waals surface area contributed by atoms with Crippen molar-refractivity contribution in [3.8, 4) is 0 Å². The molecule has 0 fully saturated rings. The number of amides is 1. The highest BCUT2D eigenvalue weighted by atomic mass is 16.6. The monoisotopic (exact) mass is 302 g/mol. The van der Waals surface area contributed by atoms with Gasteiger partial charge in [0.2, 0.25) is 0 Å². The van der Waals surface area contributed by atoms with Crippen molar-refractivity contribution in [1.29, 1.82) is 0 Å². The van der Waals surface area contributed by atoms with Crippen LogP contribution in [0.1, 0.15) is 35.9 Å². The van der Waals surface area contributed by atoms with Crippen LogP contribution in [0.3, 0.4) is 0 Å². The van der Waals surface area contributed by atoms with Crippen LogP contribution in [0, 0.1) is 16.0 Å². The first kappa shape index (κ1) is 15.8. The van der Waals surface area contributed by atoms with E-state index >= 15 is 0 Å². The van der Waals surface area contributed by atoms with Gasteiger partial charge in [0.05, 0.1) is 6.07 Å². The normalized spacial score (nSPS) is 12.1. The van der Waals surface area contributed by atoms with Crippen molar-refractivity contribution in [1.82, 2.24) is 5.32 Å². The van der Waals surface area contributed by atoms with Crippen molar-refractivity contribution in [2.45, 2.75) is 19.8 Å². The second-order valence-corrected chi connectivity index (χ2v) is 5.37. The Kier molecular flexibility index (Phi) is 4.93. The third-order valence-electron chi connectivity index (χ3n) is 3.51. The molecule has 0 aliphatic heterocycles. The summed E-state index contributed by atoms with van der Waals surface area (Å²) in [5, 5.41) is 13.3. The summed E-state index contributed by atoms with van der Waals surface area (Å²) in [5.41, 5.74) is 1.14. The molecule has 1 atom stereocenters. The van der Waals surface area contributed by atoms with Crippen LogP contribution in [0.25, 0.3) is 0 Å². The first-order valence-corrected chi connectivity index (χ1v) is 7.06. The van der Waals surface area contributed by atoms with Gasteiger partial charge in [-0.1, -0.05) is 44.2 Å². The fourth-order valence-corrected chi connectivity index (χ4v) is 2.28. The minimum absolute atomic E-state index is 0.0535. The van der Waals surface area contributed by atoms with Gasteiger partial charge in [0, 0.05) is 12.5 Å². The zero-order valence-corrected chi connectivity index (χ0v) is 12.5. The maximum absolute atomic E-state index is 12.0. The third kappa shape index (κ3) is 3.72. The predicted octanol–water partition coefficient (Wildman–Crippen LogP) is 3.36. The van der Waals surface area contributed by atoms with E-state index in [2.05, 4.69) is 19.2 Å². The molecule has 1 amide bonds. The Morgan fingerprint density at radius 3 is 2.45 bits per heavy atom. The molecule has 6 heteroatoms. The largest absolute Gasteiger partial charge is 0.433 e. The van der Waals surface area contributed by atoms with Crippen LogP contribution in [-0.2, 0) is 0 Å². The number of benzene rings is 1. The molecule has 1 aromatic heterocycles. The van der Waals surface area contributed by atoms with Crippen LogP contribution in [0.2, 0.25) is 0 Å². The quantitative estimate of drug-likeness (QED) is 0.655. The number of furan rings is 1. The zero-order chi connectivity index (χ0) is 16.1. The van der Waals surface area contributed by atoms with E-state index in [1.807, 2.05) is 30.3 Å². The molecule has 1 N–H and O–H groups in total. The van der Waals surface area contributed by atoms with Gasteiger partial charge < -0.3 is 9.73 Å². The molecule has 6 nitrogen and oxygen atoms in total. The number of hydrogen-bond acceptors (Lipinski definition) is 4. The van der Waals surface area contributed by atoms with Gasteiger partial charge in [-0.2, -0.15) is 0 Å². The lowest BCUT2D eigenvalue weighted by Gasteiger charge is -2.21. The molecule has 0 bridgehead atoms. The van der Waals surface area contributed by atoms with Gasteiger partial charge in [-0.15, -0.1) is 0 Å². The van der Waals surface area contributed by atoms with Crippen LogP contribution in [0.5, 0.6) is 0 Å². The number of nitrogens with one attached hydrogen (secondary N) is 1. The molecular formula is C16H18N2O4. The van der Waals surface area contributed by atoms with Crippen molar-refractivity contribution in [2.75, 3.05) is 6.54 Å². The van der Waals surface area contributed by atoms with E-state index < -0.39 is 16.7 Å². The lowest BCUT2D eigenvalue weighted by Crippen LogP contribution is -2.30. The van der Waals surface area contributed by atoms with E-state index in [0.29, 0.717) is 12.5 Å². The van der Waals surface area contributed by atoms with Crippen LogP contribution >= 0.6 is 0 Å². The Hall–Kier alpha value is -2.63. The van der Waals surface area contributed by atoms with Gasteiger partial charge in [0.15, 0.2) is 5.76 Å². The Morgan fingerprint density at radius 1 is 1.23 bits per heavy atom. The van der Waals surface area contributed by atoms with Gasteiger partial charge in [-0.3, -0.25) is 14.9 Å². The molecule has 116 valence electrons. The summed E-state index contributed by atoms with van der Waals surface area (Å²) >= 11 is 0. The predicted molar refractivity (Wildman–Crippen MR) is 81.7 cm³/mol. The summed E-state index contributed by atoms with van der Waals surface area (Å²) in [6.45, 7) is 4.61. The molecule has 0 saturated heterocycles. The van der Waals surface area contributed by atoms with Gasteiger partial charge >= 0.3 is 5.88 Å². The third-order valence-corrected chi connectivity index (χ3v) is 3.51. The van der Waals surface area contributed by atoms with E-state index in [4.69, 9.17) is 4.42 Å². The molecule has 1 unspecified atom stereocenters. The van der Waals surface area contributed by atoms with Gasteiger partial charge in [0.1, 0.15) is 4.92 Å². The average Bonchev–Trinajstić information content (AvgIpc) is 2.98. The lowest BCUT2D eigenvalue weighted by atomic mass is 9.88. The molecule has 2 aromatic rings. The minimum atomic E-state index is -0.669. The van der Waals surface area contributed by atoms with Crippen LogP contribution in [-0.4, -0.2) is 17.4 Å². The van der Waals surface area contributed by atoms with E-state index in [-0.39, 0.29) is 11.7 Å². The molecule has 1 heterocycles. The SMILES string of the molecule is CC(C)C(CNC(=O)c1ccc([N+](=O)[O-])o1)c1ccccc1. The maximum atomic E-state index is 12.0. The summed E-state index contributed by atoms with van der Waals surface area (Å²) in [6.07, 6.45) is 0. The number of nitro groups is 1. The van der Waals surface area contributed by atoms with Gasteiger partial charge in [0.25, 0.3) is 5.91 Å². The Morgan fingerprint density at radius 2 is 1.91 bits per heavy atom. The van der Waals surface area contributed by atoms with Crippen molar-refractivity contribution in [2.24, 2.45) is 5.92 Å². The van der Waals surface area contributed by atoms with Crippen molar-refractivity contribution in [3.63, 3.8) is 0 Å². The van der Waals surface area contributed by atoms with Crippen LogP contribution < -0.4 is 5.32 Å². The number of rotatable bonds is 6. The zero-order valence-electron chi connectivity index (χ0n) is 12.5. The van der Waals surface area contributed by atoms with Crippen molar-refractivity contribution in [3.05, 3.63) is 63.9 Å². The average molecular weight is 302 g/mol. The smallest absolute Gasteiger partial charge is 0.395 e. The fourth-order valence-electron chi connectivity index (χ4n) is 2.28. The van der Waals surface area contributed by atoms with E-state index in [9.17, 15) is 14.9 Å². The highest BCUT2D eigenvalue weighted by molar-refractivity contribution is 5.91. The molecule has 0 aliphatic rings. The molecular weight excluding hydrogens is 284 g/mol. The molecule has 0 radical (unpaired) electrons. The van der Waals surface area contributed by atoms with Crippen molar-refractivity contribution < 1.29 is 14.1 Å². The Balaban J connectivity index is 2.03. The van der Waals surface area contributed by atoms with E-state index in [0.717, 1.165) is 5.56 Å². The first-order chi connectivity index (χ1) is 10.5. The second kappa shape index (κ2) is 6.89. The van der Waals surface area contributed by atoms with E-state index in [1.165, 1.54) is 12.1 Å². The lowest BCUT2D eigenvalue weighted by molar-refractivity contribution is -0.402. The molecule has 2 rings (SSSR count). The molecule has 0 saturated carbocycles. The topological polar surface area (TPSA) is 85.4 Å². The summed E-state index contributed by atoms with van der Waals surface area (Å²) in [4.78, 5) is 21.9. The molecule has 0 aliphatic carbocycles. The van der Waals surface area contributed by atoms with Crippen LogP contribution in [0.15, 0.2) is 46.9 Å². The molecule has 0 spiro atoms. The highest BCUT2D eigenvalue weighted by Gasteiger charge is 2.20. The van der Waals surface area contributed by atoms with Gasteiger partial charge in [-0.05, 0) is 17.5 Å². The number of carbonyl (C=O) groups excluding carboxylic acids is 1. The molecule has 1 aromatic carbocycles. The highest BCUT2D eigenvalue weighted by Crippen LogP contribution is 2.23. The fraction of sp³-hybridized carbons (Fsp3) is 0.312. The number of carbonyl (C=O) groups is 1. The maximum Gasteiger partial charge on any atom is 0.433 e. The summed E-state index contributed by atoms with van der Waals surface area (Å²) in [7, 11) is 0. The standard InChI is InChI=1S/C16H18N2O4/c1-11(2)13(12-6-4-3-5-7-12)10-17-16(19)14-8-9-15(22-14)18(20)21/h3-9,11,13H,10H2,1-2H3,(H,17,19). The summed E-state index contributed by atoms with van der Waals surface area (Å²) in [5.74, 6) is -0.436. The second-order valence-electron chi connectivity index (χ2n) is 5.37. The van der Waals surface area contributed by atoms with Crippen LogP contribution in [0.4, 0.5) is 5.88 Å².